The van der Waals surface area contributed by atoms with Gasteiger partial charge in [0, 0.05) is 30.9 Å². The fraction of sp³-hybridized carbons (Fsp3) is 0.200. The van der Waals surface area contributed by atoms with E-state index in [4.69, 9.17) is 4.74 Å². The van der Waals surface area contributed by atoms with Crippen LogP contribution in [0.2, 0.25) is 0 Å². The van der Waals surface area contributed by atoms with Crippen LogP contribution in [-0.4, -0.2) is 44.8 Å². The molecule has 7 nitrogen and oxygen atoms in total. The van der Waals surface area contributed by atoms with Crippen molar-refractivity contribution in [3.05, 3.63) is 59.8 Å². The number of benzene rings is 2. The molecule has 0 radical (unpaired) electrons. The summed E-state index contributed by atoms with van der Waals surface area (Å²) in [5, 5.41) is 3.50. The van der Waals surface area contributed by atoms with Crippen LogP contribution in [-0.2, 0) is 10.0 Å². The van der Waals surface area contributed by atoms with E-state index >= 15 is 0 Å². The zero-order chi connectivity index (χ0) is 20.5. The number of anilines is 1. The standard InChI is InChI=1S/C20H21N3O4S/c1-13-11-16(15-7-5-6-8-17(15)21-13)20(24)22-14-9-10-18(27-4)19(12-14)28(25,26)23(2)3/h5-12H,1-4H3,(H,22,24). The number of carbonyl (C=O) groups is 1. The molecule has 0 fully saturated rings. The number of hydrogen-bond acceptors (Lipinski definition) is 5. The molecule has 0 saturated carbocycles. The molecule has 0 aliphatic rings. The summed E-state index contributed by atoms with van der Waals surface area (Å²) in [4.78, 5) is 17.3. The number of aromatic nitrogens is 1. The first-order chi connectivity index (χ1) is 13.2. The lowest BCUT2D eigenvalue weighted by Gasteiger charge is -2.16. The SMILES string of the molecule is COc1ccc(NC(=O)c2cc(C)nc3ccccc23)cc1S(=O)(=O)N(C)C. The monoisotopic (exact) mass is 399 g/mol. The predicted octanol–water partition coefficient (Wildman–Crippen LogP) is 3.05. The Morgan fingerprint density at radius 1 is 1.11 bits per heavy atom. The average molecular weight is 399 g/mol. The molecule has 0 spiro atoms. The molecule has 1 N–H and O–H groups in total. The number of hydrogen-bond donors (Lipinski definition) is 1. The van der Waals surface area contributed by atoms with E-state index in [2.05, 4.69) is 10.3 Å². The van der Waals surface area contributed by atoms with Crippen LogP contribution in [0.3, 0.4) is 0 Å². The van der Waals surface area contributed by atoms with Crippen molar-refractivity contribution in [2.45, 2.75) is 11.8 Å². The van der Waals surface area contributed by atoms with Gasteiger partial charge in [-0.1, -0.05) is 18.2 Å². The van der Waals surface area contributed by atoms with Crippen molar-refractivity contribution < 1.29 is 17.9 Å². The summed E-state index contributed by atoms with van der Waals surface area (Å²) in [5.41, 5.74) is 2.26. The molecule has 3 rings (SSSR count). The van der Waals surface area contributed by atoms with Gasteiger partial charge in [0.05, 0.1) is 18.2 Å². The number of methoxy groups -OCH3 is 1. The second-order valence-corrected chi connectivity index (χ2v) is 8.56. The molecule has 2 aromatic carbocycles. The van der Waals surface area contributed by atoms with Crippen molar-refractivity contribution in [1.29, 1.82) is 0 Å². The van der Waals surface area contributed by atoms with Gasteiger partial charge in [0.15, 0.2) is 0 Å². The molecule has 28 heavy (non-hydrogen) atoms. The van der Waals surface area contributed by atoms with E-state index in [0.717, 1.165) is 20.9 Å². The van der Waals surface area contributed by atoms with Gasteiger partial charge in [-0.3, -0.25) is 9.78 Å². The Balaban J connectivity index is 2.02. The smallest absolute Gasteiger partial charge is 0.256 e. The van der Waals surface area contributed by atoms with Crippen molar-refractivity contribution in [2.75, 3.05) is 26.5 Å². The molecular formula is C20H21N3O4S. The van der Waals surface area contributed by atoms with Crippen molar-refractivity contribution in [3.63, 3.8) is 0 Å². The molecule has 1 heterocycles. The molecule has 0 aliphatic carbocycles. The normalized spacial score (nSPS) is 11.6. The number of fused-ring (bicyclic) bond motifs is 1. The zero-order valence-electron chi connectivity index (χ0n) is 16.1. The summed E-state index contributed by atoms with van der Waals surface area (Å²) in [7, 11) is 0.533. The van der Waals surface area contributed by atoms with Crippen LogP contribution in [0.25, 0.3) is 10.9 Å². The minimum atomic E-state index is -3.74. The van der Waals surface area contributed by atoms with E-state index in [1.807, 2.05) is 31.2 Å². The number of ether oxygens (including phenoxy) is 1. The Morgan fingerprint density at radius 3 is 2.50 bits per heavy atom. The first kappa shape index (κ1) is 19.8. The molecule has 146 valence electrons. The Labute approximate surface area is 164 Å². The van der Waals surface area contributed by atoms with E-state index < -0.39 is 10.0 Å². The van der Waals surface area contributed by atoms with Crippen molar-refractivity contribution in [1.82, 2.24) is 9.29 Å². The third-order valence-electron chi connectivity index (χ3n) is 4.27. The minimum Gasteiger partial charge on any atom is -0.495 e. The summed E-state index contributed by atoms with van der Waals surface area (Å²) in [5.74, 6) is -0.142. The number of carbonyl (C=O) groups excluding carboxylic acids is 1. The van der Waals surface area contributed by atoms with E-state index in [1.165, 1.54) is 33.3 Å². The number of nitrogens with zero attached hydrogens (tertiary/aromatic N) is 2. The van der Waals surface area contributed by atoms with Crippen molar-refractivity contribution >= 4 is 32.5 Å². The molecule has 1 aromatic heterocycles. The largest absolute Gasteiger partial charge is 0.495 e. The summed E-state index contributed by atoms with van der Waals surface area (Å²) in [6, 6.07) is 13.6. The van der Waals surface area contributed by atoms with Crippen LogP contribution in [0.5, 0.6) is 5.75 Å². The minimum absolute atomic E-state index is 0.0198. The van der Waals surface area contributed by atoms with Gasteiger partial charge >= 0.3 is 0 Å². The highest BCUT2D eigenvalue weighted by Crippen LogP contribution is 2.29. The van der Waals surface area contributed by atoms with Gasteiger partial charge in [-0.25, -0.2) is 12.7 Å². The lowest BCUT2D eigenvalue weighted by Crippen LogP contribution is -2.23. The Kier molecular flexibility index (Phi) is 5.35. The third-order valence-corrected chi connectivity index (χ3v) is 6.11. The lowest BCUT2D eigenvalue weighted by molar-refractivity contribution is 0.102. The van der Waals surface area contributed by atoms with Gasteiger partial charge in [0.25, 0.3) is 5.91 Å². The summed E-state index contributed by atoms with van der Waals surface area (Å²) < 4.78 is 31.4. The topological polar surface area (TPSA) is 88.6 Å². The maximum atomic E-state index is 12.9. The van der Waals surface area contributed by atoms with Gasteiger partial charge in [-0.2, -0.15) is 0 Å². The number of nitrogens with one attached hydrogen (secondary N) is 1. The van der Waals surface area contributed by atoms with Crippen LogP contribution >= 0.6 is 0 Å². The fourth-order valence-electron chi connectivity index (χ4n) is 2.85. The zero-order valence-corrected chi connectivity index (χ0v) is 16.9. The van der Waals surface area contributed by atoms with E-state index in [0.29, 0.717) is 11.3 Å². The van der Waals surface area contributed by atoms with Crippen LogP contribution in [0, 0.1) is 6.92 Å². The predicted molar refractivity (Wildman–Crippen MR) is 108 cm³/mol. The fourth-order valence-corrected chi connectivity index (χ4v) is 3.92. The molecule has 0 aliphatic heterocycles. The highest BCUT2D eigenvalue weighted by atomic mass is 32.2. The van der Waals surface area contributed by atoms with Crippen LogP contribution in [0.15, 0.2) is 53.4 Å². The van der Waals surface area contributed by atoms with Crippen molar-refractivity contribution in [3.8, 4) is 5.75 Å². The molecule has 8 heteroatoms. The van der Waals surface area contributed by atoms with Crippen LogP contribution < -0.4 is 10.1 Å². The quantitative estimate of drug-likeness (QED) is 0.712. The Morgan fingerprint density at radius 2 is 1.82 bits per heavy atom. The van der Waals surface area contributed by atoms with E-state index in [-0.39, 0.29) is 16.6 Å². The number of aryl methyl sites for hydroxylation is 1. The molecule has 0 saturated heterocycles. The second-order valence-electron chi connectivity index (χ2n) is 6.44. The van der Waals surface area contributed by atoms with E-state index in [1.54, 1.807) is 12.1 Å². The third kappa shape index (κ3) is 3.69. The summed E-state index contributed by atoms with van der Waals surface area (Å²) in [6.45, 7) is 1.82. The van der Waals surface area contributed by atoms with Gasteiger partial charge in [-0.05, 0) is 37.3 Å². The number of para-hydroxylation sites is 1. The second kappa shape index (κ2) is 7.57. The first-order valence-electron chi connectivity index (χ1n) is 8.52. The lowest BCUT2D eigenvalue weighted by atomic mass is 10.1. The molecule has 0 atom stereocenters. The number of amides is 1. The van der Waals surface area contributed by atoms with Crippen LogP contribution in [0.1, 0.15) is 16.1 Å². The highest BCUT2D eigenvalue weighted by molar-refractivity contribution is 7.89. The molecule has 0 bridgehead atoms. The Bertz CT molecular complexity index is 1160. The van der Waals surface area contributed by atoms with Crippen molar-refractivity contribution in [2.24, 2.45) is 0 Å². The average Bonchev–Trinajstić information content (AvgIpc) is 2.67. The number of rotatable bonds is 5. The molecule has 1 amide bonds. The summed E-state index contributed by atoms with van der Waals surface area (Å²) >= 11 is 0. The first-order valence-corrected chi connectivity index (χ1v) is 9.96. The Hall–Kier alpha value is -2.97. The van der Waals surface area contributed by atoms with Gasteiger partial charge in [-0.15, -0.1) is 0 Å². The summed E-state index contributed by atoms with van der Waals surface area (Å²) in [6.07, 6.45) is 0. The van der Waals surface area contributed by atoms with Gasteiger partial charge < -0.3 is 10.1 Å². The highest BCUT2D eigenvalue weighted by Gasteiger charge is 2.23. The van der Waals surface area contributed by atoms with Crippen LogP contribution in [0.4, 0.5) is 5.69 Å². The number of sulfonamides is 1. The van der Waals surface area contributed by atoms with E-state index in [9.17, 15) is 13.2 Å². The molecule has 3 aromatic rings. The van der Waals surface area contributed by atoms with Gasteiger partial charge in [0.2, 0.25) is 10.0 Å². The molecule has 0 unspecified atom stereocenters. The maximum absolute atomic E-state index is 12.9. The maximum Gasteiger partial charge on any atom is 0.256 e. The number of pyridine rings is 1. The van der Waals surface area contributed by atoms with Gasteiger partial charge in [0.1, 0.15) is 10.6 Å². The molecular weight excluding hydrogens is 378 g/mol.